The van der Waals surface area contributed by atoms with Crippen molar-refractivity contribution in [2.45, 2.75) is 0 Å². The fraction of sp³-hybridized carbons (Fsp3) is 0. The van der Waals surface area contributed by atoms with E-state index in [-0.39, 0.29) is 22.2 Å². The molecule has 7 heteroatoms. The molecule has 4 aromatic carbocycles. The van der Waals surface area contributed by atoms with Crippen LogP contribution in [0.2, 0.25) is 5.02 Å². The number of amides is 1. The van der Waals surface area contributed by atoms with E-state index < -0.39 is 11.2 Å². The molecule has 0 bridgehead atoms. The third-order valence-electron chi connectivity index (χ3n) is 5.29. The number of anilines is 1. The first-order valence-corrected chi connectivity index (χ1v) is 10.2. The number of carbonyl (C=O) groups excluding carboxylic acids is 1. The lowest BCUT2D eigenvalue weighted by atomic mass is 10.1. The van der Waals surface area contributed by atoms with Gasteiger partial charge in [0.1, 0.15) is 0 Å². The van der Waals surface area contributed by atoms with Crippen LogP contribution in [-0.4, -0.2) is 15.5 Å². The minimum absolute atomic E-state index is 0.134. The highest BCUT2D eigenvalue weighted by atomic mass is 35.5. The van der Waals surface area contributed by atoms with Crippen molar-refractivity contribution >= 4 is 44.9 Å². The first-order chi connectivity index (χ1) is 15.5. The lowest BCUT2D eigenvalue weighted by Crippen LogP contribution is -2.34. The van der Waals surface area contributed by atoms with Gasteiger partial charge in [-0.15, -0.1) is 0 Å². The average Bonchev–Trinajstić information content (AvgIpc) is 2.80. The van der Waals surface area contributed by atoms with Crippen LogP contribution < -0.4 is 16.6 Å². The van der Waals surface area contributed by atoms with Gasteiger partial charge in [0.2, 0.25) is 0 Å². The summed E-state index contributed by atoms with van der Waals surface area (Å²) in [5, 5.41) is 5.32. The van der Waals surface area contributed by atoms with Gasteiger partial charge in [-0.25, -0.2) is 9.36 Å². The quantitative estimate of drug-likeness (QED) is 0.424. The van der Waals surface area contributed by atoms with Crippen molar-refractivity contribution in [2.24, 2.45) is 0 Å². The standard InChI is InChI=1S/C25H16ClN3O3/c26-19-13-12-16(23(30)27-20-11-5-7-15-6-1-2-8-17(15)20)14-22(19)29-24(31)18-9-3-4-10-21(18)28-25(29)32/h1-14H,(H,27,30)(H,28,32). The number of H-pyrrole nitrogens is 1. The largest absolute Gasteiger partial charge is 0.333 e. The van der Waals surface area contributed by atoms with Crippen molar-refractivity contribution in [1.82, 2.24) is 9.55 Å². The number of halogens is 1. The topological polar surface area (TPSA) is 84.0 Å². The van der Waals surface area contributed by atoms with Crippen LogP contribution >= 0.6 is 11.6 Å². The van der Waals surface area contributed by atoms with Gasteiger partial charge in [0, 0.05) is 16.6 Å². The number of benzene rings is 4. The fourth-order valence-electron chi connectivity index (χ4n) is 3.74. The molecule has 156 valence electrons. The first kappa shape index (κ1) is 19.8. The zero-order valence-electron chi connectivity index (χ0n) is 16.6. The molecule has 0 aliphatic carbocycles. The second-order valence-electron chi connectivity index (χ2n) is 7.26. The second kappa shape index (κ2) is 7.83. The smallest absolute Gasteiger partial charge is 0.321 e. The van der Waals surface area contributed by atoms with Gasteiger partial charge in [-0.2, -0.15) is 0 Å². The predicted molar refractivity (Wildman–Crippen MR) is 127 cm³/mol. The van der Waals surface area contributed by atoms with E-state index in [0.717, 1.165) is 15.3 Å². The van der Waals surface area contributed by atoms with Gasteiger partial charge in [-0.1, -0.05) is 60.1 Å². The highest BCUT2D eigenvalue weighted by Crippen LogP contribution is 2.25. The molecule has 1 aromatic heterocycles. The van der Waals surface area contributed by atoms with Crippen LogP contribution in [0.25, 0.3) is 27.4 Å². The van der Waals surface area contributed by atoms with Gasteiger partial charge in [0.05, 0.1) is 21.6 Å². The van der Waals surface area contributed by atoms with Crippen LogP contribution in [0, 0.1) is 0 Å². The monoisotopic (exact) mass is 441 g/mol. The lowest BCUT2D eigenvalue weighted by Gasteiger charge is -2.12. The molecule has 0 aliphatic heterocycles. The summed E-state index contributed by atoms with van der Waals surface area (Å²) in [4.78, 5) is 41.4. The maximum absolute atomic E-state index is 13.0. The molecule has 0 radical (unpaired) electrons. The Hall–Kier alpha value is -4.16. The Morgan fingerprint density at radius 1 is 0.844 bits per heavy atom. The van der Waals surface area contributed by atoms with Gasteiger partial charge in [-0.3, -0.25) is 9.59 Å². The van der Waals surface area contributed by atoms with E-state index >= 15 is 0 Å². The van der Waals surface area contributed by atoms with Crippen molar-refractivity contribution in [2.75, 3.05) is 5.32 Å². The van der Waals surface area contributed by atoms with Crippen molar-refractivity contribution in [3.05, 3.63) is 116 Å². The number of aromatic amines is 1. The highest BCUT2D eigenvalue weighted by Gasteiger charge is 2.16. The molecular weight excluding hydrogens is 426 g/mol. The van der Waals surface area contributed by atoms with Crippen molar-refractivity contribution in [1.29, 1.82) is 0 Å². The molecule has 1 heterocycles. The van der Waals surface area contributed by atoms with Gasteiger partial charge >= 0.3 is 5.69 Å². The summed E-state index contributed by atoms with van der Waals surface area (Å²) in [5.41, 5.74) is 0.330. The van der Waals surface area contributed by atoms with E-state index in [0.29, 0.717) is 16.6 Å². The van der Waals surface area contributed by atoms with E-state index in [1.54, 1.807) is 30.3 Å². The average molecular weight is 442 g/mol. The molecule has 0 aliphatic rings. The Morgan fingerprint density at radius 2 is 1.56 bits per heavy atom. The second-order valence-corrected chi connectivity index (χ2v) is 7.67. The minimum Gasteiger partial charge on any atom is -0.321 e. The number of para-hydroxylation sites is 1. The number of hydrogen-bond acceptors (Lipinski definition) is 3. The summed E-state index contributed by atoms with van der Waals surface area (Å²) in [7, 11) is 0. The molecule has 1 amide bonds. The zero-order valence-corrected chi connectivity index (χ0v) is 17.4. The SMILES string of the molecule is O=C(Nc1cccc2ccccc12)c1ccc(Cl)c(-n2c(=O)[nH]c3ccccc3c2=O)c1. The van der Waals surface area contributed by atoms with Crippen molar-refractivity contribution < 1.29 is 4.79 Å². The minimum atomic E-state index is -0.637. The summed E-state index contributed by atoms with van der Waals surface area (Å²) in [6.07, 6.45) is 0. The number of nitrogens with zero attached hydrogens (tertiary/aromatic N) is 1. The Morgan fingerprint density at radius 3 is 2.41 bits per heavy atom. The maximum Gasteiger partial charge on any atom is 0.333 e. The highest BCUT2D eigenvalue weighted by molar-refractivity contribution is 6.32. The molecule has 6 nitrogen and oxygen atoms in total. The molecule has 32 heavy (non-hydrogen) atoms. The Bertz CT molecular complexity index is 1630. The number of aromatic nitrogens is 2. The zero-order chi connectivity index (χ0) is 22.2. The molecule has 5 aromatic rings. The van der Waals surface area contributed by atoms with Crippen molar-refractivity contribution in [3.63, 3.8) is 0 Å². The van der Waals surface area contributed by atoms with Crippen LogP contribution in [0.5, 0.6) is 0 Å². The molecule has 5 rings (SSSR count). The Balaban J connectivity index is 1.59. The van der Waals surface area contributed by atoms with Crippen LogP contribution in [0.4, 0.5) is 5.69 Å². The lowest BCUT2D eigenvalue weighted by molar-refractivity contribution is 0.102. The first-order valence-electron chi connectivity index (χ1n) is 9.86. The normalized spacial score (nSPS) is 11.0. The summed E-state index contributed by atoms with van der Waals surface area (Å²) in [6.45, 7) is 0. The number of carbonyl (C=O) groups is 1. The molecule has 0 fully saturated rings. The number of hydrogen-bond donors (Lipinski definition) is 2. The third-order valence-corrected chi connectivity index (χ3v) is 5.61. The number of nitrogens with one attached hydrogen (secondary N) is 2. The maximum atomic E-state index is 13.0. The third kappa shape index (κ3) is 3.36. The predicted octanol–water partition coefficient (Wildman–Crippen LogP) is 4.74. The Labute approximate surface area is 186 Å². The molecule has 0 atom stereocenters. The van der Waals surface area contributed by atoms with E-state index in [9.17, 15) is 14.4 Å². The van der Waals surface area contributed by atoms with Gasteiger partial charge in [0.25, 0.3) is 11.5 Å². The van der Waals surface area contributed by atoms with Gasteiger partial charge < -0.3 is 10.3 Å². The summed E-state index contributed by atoms with van der Waals surface area (Å²) in [6, 6.07) is 24.5. The number of rotatable bonds is 3. The summed E-state index contributed by atoms with van der Waals surface area (Å²) >= 11 is 6.32. The van der Waals surface area contributed by atoms with Gasteiger partial charge in [0.15, 0.2) is 0 Å². The Kier molecular flexibility index (Phi) is 4.84. The summed E-state index contributed by atoms with van der Waals surface area (Å²) in [5.74, 6) is -0.385. The van der Waals surface area contributed by atoms with Crippen LogP contribution in [-0.2, 0) is 0 Å². The molecule has 2 N–H and O–H groups in total. The van der Waals surface area contributed by atoms with Gasteiger partial charge in [-0.05, 0) is 41.8 Å². The van der Waals surface area contributed by atoms with E-state index in [1.165, 1.54) is 12.1 Å². The van der Waals surface area contributed by atoms with Crippen LogP contribution in [0.15, 0.2) is 94.5 Å². The fourth-order valence-corrected chi connectivity index (χ4v) is 3.94. The molecule has 0 spiro atoms. The van der Waals surface area contributed by atoms with E-state index in [2.05, 4.69) is 10.3 Å². The molecule has 0 saturated carbocycles. The molecule has 0 saturated heterocycles. The molecular formula is C25H16ClN3O3. The van der Waals surface area contributed by atoms with Crippen molar-refractivity contribution in [3.8, 4) is 5.69 Å². The number of fused-ring (bicyclic) bond motifs is 2. The summed E-state index contributed by atoms with van der Waals surface area (Å²) < 4.78 is 0.944. The van der Waals surface area contributed by atoms with E-state index in [1.807, 2.05) is 42.5 Å². The molecule has 0 unspecified atom stereocenters. The van der Waals surface area contributed by atoms with Crippen LogP contribution in [0.3, 0.4) is 0 Å². The van der Waals surface area contributed by atoms with Crippen LogP contribution in [0.1, 0.15) is 10.4 Å². The van der Waals surface area contributed by atoms with E-state index in [4.69, 9.17) is 11.6 Å².